The van der Waals surface area contributed by atoms with Crippen LogP contribution in [0.1, 0.15) is 30.2 Å². The predicted octanol–water partition coefficient (Wildman–Crippen LogP) is 5.90. The van der Waals surface area contributed by atoms with Crippen LogP contribution < -0.4 is 4.74 Å². The van der Waals surface area contributed by atoms with E-state index in [1.165, 1.54) is 30.5 Å². The zero-order valence-corrected chi connectivity index (χ0v) is 19.8. The molecule has 2 heterocycles. The number of nitrogens with zero attached hydrogens (tertiary/aromatic N) is 1. The molecule has 0 aliphatic heterocycles. The second kappa shape index (κ2) is 9.51. The van der Waals surface area contributed by atoms with Crippen molar-refractivity contribution < 1.29 is 28.5 Å². The summed E-state index contributed by atoms with van der Waals surface area (Å²) >= 11 is 0. The first-order chi connectivity index (χ1) is 17.7. The van der Waals surface area contributed by atoms with Crippen LogP contribution in [-0.4, -0.2) is 31.1 Å². The second-order valence-electron chi connectivity index (χ2n) is 8.83. The van der Waals surface area contributed by atoms with Crippen LogP contribution in [0.3, 0.4) is 0 Å². The van der Waals surface area contributed by atoms with E-state index in [-0.39, 0.29) is 35.7 Å². The molecule has 0 saturated heterocycles. The maximum absolute atomic E-state index is 15.1. The van der Waals surface area contributed by atoms with Gasteiger partial charge in [-0.15, -0.1) is 0 Å². The molecule has 5 rings (SSSR count). The minimum atomic E-state index is -1.40. The average Bonchev–Trinajstić information content (AvgIpc) is 3.56. The summed E-state index contributed by atoms with van der Waals surface area (Å²) in [4.78, 5) is 21.3. The third-order valence-electron chi connectivity index (χ3n) is 6.30. The number of aromatic amines is 2. The normalized spacial score (nSPS) is 13.0. The Kier molecular flexibility index (Phi) is 6.22. The van der Waals surface area contributed by atoms with Gasteiger partial charge >= 0.3 is 5.97 Å². The van der Waals surface area contributed by atoms with Gasteiger partial charge in [-0.05, 0) is 43.2 Å². The largest absolute Gasteiger partial charge is 0.481 e. The van der Waals surface area contributed by atoms with E-state index in [0.29, 0.717) is 27.7 Å². The van der Waals surface area contributed by atoms with Crippen molar-refractivity contribution in [2.45, 2.75) is 25.4 Å². The minimum absolute atomic E-state index is 0.0426. The fourth-order valence-electron chi connectivity index (χ4n) is 4.30. The molecule has 5 aromatic rings. The molecule has 0 radical (unpaired) electrons. The second-order valence-corrected chi connectivity index (χ2v) is 8.83. The smallest absolute Gasteiger partial charge is 0.303 e. The van der Waals surface area contributed by atoms with Gasteiger partial charge in [0.05, 0.1) is 17.5 Å². The van der Waals surface area contributed by atoms with Gasteiger partial charge in [-0.3, -0.25) is 4.79 Å². The van der Waals surface area contributed by atoms with E-state index in [9.17, 15) is 14.3 Å². The molecule has 9 heteroatoms. The Morgan fingerprint density at radius 3 is 2.62 bits per heavy atom. The lowest BCUT2D eigenvalue weighted by atomic mass is 9.93. The summed E-state index contributed by atoms with van der Waals surface area (Å²) < 4.78 is 35.8. The molecule has 37 heavy (non-hydrogen) atoms. The number of halogens is 2. The maximum atomic E-state index is 15.1. The van der Waals surface area contributed by atoms with Crippen LogP contribution in [0.25, 0.3) is 22.3 Å². The summed E-state index contributed by atoms with van der Waals surface area (Å²) in [6.07, 6.45) is 2.89. The predicted molar refractivity (Wildman–Crippen MR) is 133 cm³/mol. The molecule has 0 bridgehead atoms. The molecule has 0 aliphatic rings. The number of carboxylic acids is 1. The number of aryl methyl sites for hydroxylation is 1. The van der Waals surface area contributed by atoms with E-state index in [4.69, 9.17) is 9.84 Å². The molecule has 188 valence electrons. The number of hydrogen-bond donors (Lipinski definition) is 4. The van der Waals surface area contributed by atoms with Gasteiger partial charge in [-0.1, -0.05) is 30.3 Å². The van der Waals surface area contributed by atoms with Crippen molar-refractivity contribution in [3.05, 3.63) is 102 Å². The van der Waals surface area contributed by atoms with Gasteiger partial charge in [0.25, 0.3) is 0 Å². The van der Waals surface area contributed by atoms with Crippen molar-refractivity contribution in [2.24, 2.45) is 0 Å². The molecule has 4 N–H and O–H groups in total. The van der Waals surface area contributed by atoms with Gasteiger partial charge in [0.2, 0.25) is 0 Å². The lowest BCUT2D eigenvalue weighted by Crippen LogP contribution is -2.23. The Balaban J connectivity index is 1.50. The monoisotopic (exact) mass is 503 g/mol. The SMILES string of the molecule is CC(O)(c1ccccc1)c1cnc(-c2cc(Oc3c(F)cc4[nH]ccc4c3CCC(=O)O)ccc2F)[nH]1. The van der Waals surface area contributed by atoms with Crippen LogP contribution in [0.15, 0.2) is 73.1 Å². The summed E-state index contributed by atoms with van der Waals surface area (Å²) in [6, 6.07) is 15.9. The zero-order valence-electron chi connectivity index (χ0n) is 19.8. The quantitative estimate of drug-likeness (QED) is 0.211. The molecular formula is C28H23F2N3O4. The molecule has 0 saturated carbocycles. The number of aliphatic carboxylic acids is 1. The van der Waals surface area contributed by atoms with E-state index in [0.717, 1.165) is 0 Å². The number of imidazole rings is 1. The number of benzene rings is 3. The number of nitrogens with one attached hydrogen (secondary N) is 2. The molecule has 0 spiro atoms. The van der Waals surface area contributed by atoms with Gasteiger partial charge in [-0.25, -0.2) is 13.8 Å². The van der Waals surface area contributed by atoms with Crippen molar-refractivity contribution >= 4 is 16.9 Å². The Hall–Kier alpha value is -4.50. The summed E-state index contributed by atoms with van der Waals surface area (Å²) in [5.41, 5.74) is 0.558. The highest BCUT2D eigenvalue weighted by molar-refractivity contribution is 5.86. The zero-order chi connectivity index (χ0) is 26.2. The molecule has 7 nitrogen and oxygen atoms in total. The minimum Gasteiger partial charge on any atom is -0.481 e. The number of aromatic nitrogens is 3. The lowest BCUT2D eigenvalue weighted by Gasteiger charge is -2.22. The molecule has 1 atom stereocenters. The van der Waals surface area contributed by atoms with Gasteiger partial charge in [-0.2, -0.15) is 0 Å². The van der Waals surface area contributed by atoms with Crippen molar-refractivity contribution in [1.82, 2.24) is 15.0 Å². The molecule has 2 aromatic heterocycles. The van der Waals surface area contributed by atoms with Crippen molar-refractivity contribution in [1.29, 1.82) is 0 Å². The van der Waals surface area contributed by atoms with E-state index in [1.807, 2.05) is 6.07 Å². The van der Waals surface area contributed by atoms with Crippen LogP contribution in [0.2, 0.25) is 0 Å². The van der Waals surface area contributed by atoms with Crippen molar-refractivity contribution in [2.75, 3.05) is 0 Å². The molecule has 0 fully saturated rings. The standard InChI is InChI=1S/C28H23F2N3O4/c1-28(36,16-5-3-2-4-6-16)24-15-32-27(33-24)20-13-17(7-9-21(20)29)37-26-19(8-10-25(34)35)18-11-12-31-23(18)14-22(26)30/h2-7,9,11-15,31,36H,8,10H2,1H3,(H,32,33)(H,34,35). The summed E-state index contributed by atoms with van der Waals surface area (Å²) in [5, 5.41) is 20.9. The average molecular weight is 504 g/mol. The van der Waals surface area contributed by atoms with Gasteiger partial charge in [0.15, 0.2) is 11.6 Å². The fraction of sp³-hybridized carbons (Fsp3) is 0.143. The number of aliphatic hydroxyl groups is 1. The Bertz CT molecular complexity index is 1590. The lowest BCUT2D eigenvalue weighted by molar-refractivity contribution is -0.136. The van der Waals surface area contributed by atoms with E-state index < -0.39 is 23.2 Å². The van der Waals surface area contributed by atoms with Crippen LogP contribution in [0.5, 0.6) is 11.5 Å². The fourth-order valence-corrected chi connectivity index (χ4v) is 4.30. The molecule has 0 aliphatic carbocycles. The third-order valence-corrected chi connectivity index (χ3v) is 6.30. The summed E-state index contributed by atoms with van der Waals surface area (Å²) in [5.74, 6) is -2.14. The van der Waals surface area contributed by atoms with Crippen LogP contribution in [-0.2, 0) is 16.8 Å². The maximum Gasteiger partial charge on any atom is 0.303 e. The van der Waals surface area contributed by atoms with Crippen LogP contribution in [0.4, 0.5) is 8.78 Å². The number of ether oxygens (including phenoxy) is 1. The van der Waals surface area contributed by atoms with Gasteiger partial charge in [0.1, 0.15) is 23.0 Å². The van der Waals surface area contributed by atoms with E-state index >= 15 is 4.39 Å². The Morgan fingerprint density at radius 1 is 1.08 bits per heavy atom. The number of carboxylic acid groups (broad SMARTS) is 1. The first-order valence-electron chi connectivity index (χ1n) is 11.6. The highest BCUT2D eigenvalue weighted by Crippen LogP contribution is 2.37. The highest BCUT2D eigenvalue weighted by atomic mass is 19.1. The molecule has 0 amide bonds. The Labute approximate surface area is 210 Å². The summed E-state index contributed by atoms with van der Waals surface area (Å²) in [7, 11) is 0. The topological polar surface area (TPSA) is 111 Å². The molecule has 1 unspecified atom stereocenters. The first-order valence-corrected chi connectivity index (χ1v) is 11.6. The van der Waals surface area contributed by atoms with E-state index in [2.05, 4.69) is 15.0 Å². The number of hydrogen-bond acceptors (Lipinski definition) is 4. The van der Waals surface area contributed by atoms with E-state index in [1.54, 1.807) is 43.5 Å². The van der Waals surface area contributed by atoms with Crippen molar-refractivity contribution in [3.8, 4) is 22.9 Å². The third kappa shape index (κ3) is 4.68. The van der Waals surface area contributed by atoms with Gasteiger partial charge in [0, 0.05) is 35.2 Å². The van der Waals surface area contributed by atoms with Crippen LogP contribution in [0, 0.1) is 11.6 Å². The highest BCUT2D eigenvalue weighted by Gasteiger charge is 2.28. The number of fused-ring (bicyclic) bond motifs is 1. The van der Waals surface area contributed by atoms with Crippen LogP contribution >= 0.6 is 0 Å². The summed E-state index contributed by atoms with van der Waals surface area (Å²) in [6.45, 7) is 1.61. The number of H-pyrrole nitrogens is 2. The molecular weight excluding hydrogens is 480 g/mol. The number of carbonyl (C=O) groups is 1. The number of rotatable bonds is 8. The Morgan fingerprint density at radius 2 is 1.86 bits per heavy atom. The van der Waals surface area contributed by atoms with Gasteiger partial charge < -0.3 is 24.9 Å². The molecule has 3 aromatic carbocycles. The first kappa shape index (κ1) is 24.2. The van der Waals surface area contributed by atoms with Crippen molar-refractivity contribution in [3.63, 3.8) is 0 Å².